The molecule has 2 aromatic rings. The highest BCUT2D eigenvalue weighted by Gasteiger charge is 2.22. The molecule has 0 aliphatic rings. The lowest BCUT2D eigenvalue weighted by Crippen LogP contribution is -2.23. The van der Waals surface area contributed by atoms with E-state index < -0.39 is 0 Å². The van der Waals surface area contributed by atoms with Gasteiger partial charge in [-0.1, -0.05) is 26.0 Å². The van der Waals surface area contributed by atoms with Gasteiger partial charge in [-0.3, -0.25) is 4.68 Å². The van der Waals surface area contributed by atoms with Crippen molar-refractivity contribution < 1.29 is 0 Å². The standard InChI is InChI=1S/C14H23N5S/c1-10(15-6-8-19-9-7-16-18-19)12-11(2)17-13(20-12)14(3,4)5/h7,9-10,15H,6,8H2,1-5H3. The van der Waals surface area contributed by atoms with Gasteiger partial charge in [0.1, 0.15) is 0 Å². The van der Waals surface area contributed by atoms with Crippen LogP contribution in [0.4, 0.5) is 0 Å². The van der Waals surface area contributed by atoms with Gasteiger partial charge in [-0.25, -0.2) is 4.98 Å². The van der Waals surface area contributed by atoms with Gasteiger partial charge in [-0.05, 0) is 13.8 Å². The average molecular weight is 293 g/mol. The van der Waals surface area contributed by atoms with Crippen molar-refractivity contribution in [3.8, 4) is 0 Å². The fraction of sp³-hybridized carbons (Fsp3) is 0.643. The molecule has 0 aromatic carbocycles. The largest absolute Gasteiger partial charge is 0.308 e. The lowest BCUT2D eigenvalue weighted by atomic mass is 9.98. The first-order chi connectivity index (χ1) is 9.38. The van der Waals surface area contributed by atoms with Gasteiger partial charge in [-0.2, -0.15) is 0 Å². The van der Waals surface area contributed by atoms with E-state index in [0.29, 0.717) is 6.04 Å². The second-order valence-electron chi connectivity index (χ2n) is 6.06. The number of nitrogens with zero attached hydrogens (tertiary/aromatic N) is 4. The molecule has 20 heavy (non-hydrogen) atoms. The summed E-state index contributed by atoms with van der Waals surface area (Å²) < 4.78 is 1.83. The molecule has 0 spiro atoms. The fourth-order valence-electron chi connectivity index (χ4n) is 1.97. The summed E-state index contributed by atoms with van der Waals surface area (Å²) in [6.07, 6.45) is 3.58. The average Bonchev–Trinajstić information content (AvgIpc) is 2.97. The van der Waals surface area contributed by atoms with Crippen LogP contribution in [-0.4, -0.2) is 26.5 Å². The second-order valence-corrected chi connectivity index (χ2v) is 7.09. The van der Waals surface area contributed by atoms with Crippen LogP contribution in [0.1, 0.15) is 49.3 Å². The number of hydrogen-bond acceptors (Lipinski definition) is 5. The van der Waals surface area contributed by atoms with Gasteiger partial charge in [0.2, 0.25) is 0 Å². The van der Waals surface area contributed by atoms with E-state index in [1.165, 1.54) is 9.88 Å². The SMILES string of the molecule is Cc1nc(C(C)(C)C)sc1C(C)NCCn1ccnn1. The lowest BCUT2D eigenvalue weighted by Gasteiger charge is -2.14. The Hall–Kier alpha value is -1.27. The zero-order valence-electron chi connectivity index (χ0n) is 12.8. The van der Waals surface area contributed by atoms with Crippen LogP contribution in [0, 0.1) is 6.92 Å². The first-order valence-electron chi connectivity index (χ1n) is 6.93. The Morgan fingerprint density at radius 2 is 2.15 bits per heavy atom. The zero-order valence-corrected chi connectivity index (χ0v) is 13.7. The molecule has 2 aromatic heterocycles. The summed E-state index contributed by atoms with van der Waals surface area (Å²) in [5.74, 6) is 0. The molecule has 1 N–H and O–H groups in total. The molecule has 1 atom stereocenters. The van der Waals surface area contributed by atoms with Crippen molar-refractivity contribution in [2.24, 2.45) is 0 Å². The van der Waals surface area contributed by atoms with Gasteiger partial charge in [0.05, 0.1) is 23.4 Å². The van der Waals surface area contributed by atoms with Gasteiger partial charge < -0.3 is 5.32 Å². The molecule has 0 radical (unpaired) electrons. The van der Waals surface area contributed by atoms with Crippen LogP contribution in [0.25, 0.3) is 0 Å². The molecular weight excluding hydrogens is 270 g/mol. The van der Waals surface area contributed by atoms with Crippen molar-refractivity contribution in [3.05, 3.63) is 28.0 Å². The van der Waals surface area contributed by atoms with Crippen LogP contribution in [-0.2, 0) is 12.0 Å². The monoisotopic (exact) mass is 293 g/mol. The summed E-state index contributed by atoms with van der Waals surface area (Å²) in [7, 11) is 0. The topological polar surface area (TPSA) is 55.6 Å². The molecule has 6 heteroatoms. The Kier molecular flexibility index (Phi) is 4.55. The molecule has 0 aliphatic heterocycles. The van der Waals surface area contributed by atoms with Crippen LogP contribution in [0.3, 0.4) is 0 Å². The van der Waals surface area contributed by atoms with Gasteiger partial charge in [-0.15, -0.1) is 16.4 Å². The third-order valence-electron chi connectivity index (χ3n) is 3.13. The highest BCUT2D eigenvalue weighted by Crippen LogP contribution is 2.32. The Morgan fingerprint density at radius 1 is 1.40 bits per heavy atom. The summed E-state index contributed by atoms with van der Waals surface area (Å²) in [4.78, 5) is 6.04. The van der Waals surface area contributed by atoms with E-state index in [1.807, 2.05) is 22.2 Å². The highest BCUT2D eigenvalue weighted by atomic mass is 32.1. The molecule has 0 aliphatic carbocycles. The molecule has 2 rings (SSSR count). The molecule has 0 amide bonds. The Bertz CT molecular complexity index is 538. The number of aryl methyl sites for hydroxylation is 1. The quantitative estimate of drug-likeness (QED) is 0.921. The highest BCUT2D eigenvalue weighted by molar-refractivity contribution is 7.12. The lowest BCUT2D eigenvalue weighted by molar-refractivity contribution is 0.501. The van der Waals surface area contributed by atoms with Crippen LogP contribution < -0.4 is 5.32 Å². The fourth-order valence-corrected chi connectivity index (χ4v) is 3.12. The van der Waals surface area contributed by atoms with E-state index in [9.17, 15) is 0 Å². The maximum Gasteiger partial charge on any atom is 0.0985 e. The summed E-state index contributed by atoms with van der Waals surface area (Å²) in [6.45, 7) is 12.6. The predicted octanol–water partition coefficient (Wildman–Crippen LogP) is 2.69. The number of nitrogens with one attached hydrogen (secondary N) is 1. The molecular formula is C14H23N5S. The van der Waals surface area contributed by atoms with E-state index in [-0.39, 0.29) is 5.41 Å². The Morgan fingerprint density at radius 3 is 2.70 bits per heavy atom. The second kappa shape index (κ2) is 6.01. The van der Waals surface area contributed by atoms with E-state index in [1.54, 1.807) is 6.20 Å². The molecule has 0 bridgehead atoms. The minimum Gasteiger partial charge on any atom is -0.308 e. The smallest absolute Gasteiger partial charge is 0.0985 e. The molecule has 110 valence electrons. The summed E-state index contributed by atoms with van der Waals surface area (Å²) in [5, 5.41) is 12.5. The van der Waals surface area contributed by atoms with E-state index in [2.05, 4.69) is 50.2 Å². The Balaban J connectivity index is 1.95. The zero-order chi connectivity index (χ0) is 14.8. The molecule has 1 unspecified atom stereocenters. The molecule has 2 heterocycles. The van der Waals surface area contributed by atoms with Crippen LogP contribution in [0.2, 0.25) is 0 Å². The number of hydrogen-bond donors (Lipinski definition) is 1. The van der Waals surface area contributed by atoms with Crippen molar-refractivity contribution in [3.63, 3.8) is 0 Å². The summed E-state index contributed by atoms with van der Waals surface area (Å²) in [6, 6.07) is 0.312. The summed E-state index contributed by atoms with van der Waals surface area (Å²) in [5.41, 5.74) is 1.26. The maximum atomic E-state index is 4.71. The Labute approximate surface area is 124 Å². The van der Waals surface area contributed by atoms with Crippen molar-refractivity contribution >= 4 is 11.3 Å². The van der Waals surface area contributed by atoms with Crippen molar-refractivity contribution in [1.29, 1.82) is 0 Å². The molecule has 0 saturated carbocycles. The maximum absolute atomic E-state index is 4.71. The molecule has 5 nitrogen and oxygen atoms in total. The number of rotatable bonds is 5. The first kappa shape index (κ1) is 15.1. The van der Waals surface area contributed by atoms with Crippen molar-refractivity contribution in [2.75, 3.05) is 6.54 Å². The van der Waals surface area contributed by atoms with E-state index in [0.717, 1.165) is 18.8 Å². The van der Waals surface area contributed by atoms with Gasteiger partial charge in [0.25, 0.3) is 0 Å². The van der Waals surface area contributed by atoms with Gasteiger partial charge in [0, 0.05) is 29.1 Å². The third kappa shape index (κ3) is 3.64. The van der Waals surface area contributed by atoms with Gasteiger partial charge >= 0.3 is 0 Å². The number of aromatic nitrogens is 4. The number of thiazole rings is 1. The van der Waals surface area contributed by atoms with Crippen LogP contribution in [0.5, 0.6) is 0 Å². The third-order valence-corrected chi connectivity index (χ3v) is 4.90. The van der Waals surface area contributed by atoms with Crippen LogP contribution >= 0.6 is 11.3 Å². The van der Waals surface area contributed by atoms with E-state index >= 15 is 0 Å². The minimum absolute atomic E-state index is 0.119. The first-order valence-corrected chi connectivity index (χ1v) is 7.75. The van der Waals surface area contributed by atoms with E-state index in [4.69, 9.17) is 4.98 Å². The molecule has 0 saturated heterocycles. The summed E-state index contributed by atoms with van der Waals surface area (Å²) >= 11 is 1.81. The predicted molar refractivity (Wildman–Crippen MR) is 82.0 cm³/mol. The van der Waals surface area contributed by atoms with Crippen LogP contribution in [0.15, 0.2) is 12.4 Å². The minimum atomic E-state index is 0.119. The molecule has 0 fully saturated rings. The normalized spacial score (nSPS) is 13.7. The van der Waals surface area contributed by atoms with Gasteiger partial charge in [0.15, 0.2) is 0 Å². The van der Waals surface area contributed by atoms with Crippen molar-refractivity contribution in [2.45, 2.75) is 52.6 Å². The van der Waals surface area contributed by atoms with Crippen molar-refractivity contribution in [1.82, 2.24) is 25.3 Å².